The number of hydrogen-bond acceptors (Lipinski definition) is 5. The Morgan fingerprint density at radius 3 is 2.85 bits per heavy atom. The number of benzene rings is 1. The van der Waals surface area contributed by atoms with Crippen molar-refractivity contribution in [2.24, 2.45) is 0 Å². The van der Waals surface area contributed by atoms with Gasteiger partial charge >= 0.3 is 5.63 Å². The standard InChI is InChI=1S/C20H21NO5/c1-11-10-25-17-8-18-15(6-14(11)17)12(2)16(20(23)26-18)7-19(22)21-9-13-4-3-5-24-13/h6,8,10,13H,3-5,7,9H2,1-2H3,(H,21,22)/t13-/m1/s1. The van der Waals surface area contributed by atoms with Crippen molar-refractivity contribution in [3.63, 3.8) is 0 Å². The molecule has 1 aromatic carbocycles. The predicted octanol–water partition coefficient (Wildman–Crippen LogP) is 2.99. The summed E-state index contributed by atoms with van der Waals surface area (Å²) in [7, 11) is 0. The highest BCUT2D eigenvalue weighted by molar-refractivity contribution is 5.96. The normalized spacial score (nSPS) is 17.2. The molecule has 0 radical (unpaired) electrons. The van der Waals surface area contributed by atoms with E-state index < -0.39 is 5.63 Å². The number of carbonyl (C=O) groups is 1. The molecule has 6 heteroatoms. The minimum absolute atomic E-state index is 0.000761. The van der Waals surface area contributed by atoms with Gasteiger partial charge < -0.3 is 18.9 Å². The molecule has 1 aliphatic rings. The lowest BCUT2D eigenvalue weighted by Gasteiger charge is -2.12. The maximum atomic E-state index is 12.4. The maximum Gasteiger partial charge on any atom is 0.340 e. The van der Waals surface area contributed by atoms with Crippen molar-refractivity contribution >= 4 is 27.8 Å². The second kappa shape index (κ2) is 6.61. The van der Waals surface area contributed by atoms with Crippen LogP contribution in [0.2, 0.25) is 0 Å². The molecule has 0 aliphatic carbocycles. The number of rotatable bonds is 4. The van der Waals surface area contributed by atoms with Crippen LogP contribution in [0.15, 0.2) is 32.0 Å². The number of fused-ring (bicyclic) bond motifs is 2. The van der Waals surface area contributed by atoms with Crippen LogP contribution in [0.3, 0.4) is 0 Å². The summed E-state index contributed by atoms with van der Waals surface area (Å²) in [5, 5.41) is 4.65. The Kier molecular flexibility index (Phi) is 4.28. The molecule has 0 unspecified atom stereocenters. The molecule has 1 fully saturated rings. The Morgan fingerprint density at radius 2 is 2.08 bits per heavy atom. The molecule has 1 atom stereocenters. The summed E-state index contributed by atoms with van der Waals surface area (Å²) in [6.45, 7) is 5.04. The van der Waals surface area contributed by atoms with Crippen LogP contribution in [0.4, 0.5) is 0 Å². The van der Waals surface area contributed by atoms with Crippen LogP contribution < -0.4 is 10.9 Å². The van der Waals surface area contributed by atoms with E-state index in [9.17, 15) is 9.59 Å². The number of carbonyl (C=O) groups excluding carboxylic acids is 1. The molecule has 1 amide bonds. The van der Waals surface area contributed by atoms with Gasteiger partial charge in [0.05, 0.1) is 24.4 Å². The van der Waals surface area contributed by atoms with Crippen molar-refractivity contribution in [2.45, 2.75) is 39.2 Å². The molecule has 0 bridgehead atoms. The second-order valence-corrected chi connectivity index (χ2v) is 6.87. The molecule has 1 saturated heterocycles. The lowest BCUT2D eigenvalue weighted by Crippen LogP contribution is -2.34. The molecule has 26 heavy (non-hydrogen) atoms. The van der Waals surface area contributed by atoms with E-state index in [4.69, 9.17) is 13.6 Å². The summed E-state index contributed by atoms with van der Waals surface area (Å²) in [6.07, 6.45) is 3.73. The van der Waals surface area contributed by atoms with Crippen LogP contribution in [-0.2, 0) is 16.0 Å². The van der Waals surface area contributed by atoms with E-state index >= 15 is 0 Å². The Balaban J connectivity index is 1.63. The van der Waals surface area contributed by atoms with Crippen molar-refractivity contribution in [3.05, 3.63) is 45.5 Å². The monoisotopic (exact) mass is 355 g/mol. The third kappa shape index (κ3) is 3.01. The highest BCUT2D eigenvalue weighted by atomic mass is 16.5. The average molecular weight is 355 g/mol. The average Bonchev–Trinajstić information content (AvgIpc) is 3.26. The molecule has 6 nitrogen and oxygen atoms in total. The summed E-state index contributed by atoms with van der Waals surface area (Å²) >= 11 is 0. The van der Waals surface area contributed by atoms with Gasteiger partial charge in [-0.25, -0.2) is 4.79 Å². The van der Waals surface area contributed by atoms with Crippen molar-refractivity contribution < 1.29 is 18.4 Å². The predicted molar refractivity (Wildman–Crippen MR) is 97.4 cm³/mol. The van der Waals surface area contributed by atoms with Crippen LogP contribution >= 0.6 is 0 Å². The summed E-state index contributed by atoms with van der Waals surface area (Å²) in [4.78, 5) is 24.7. The van der Waals surface area contributed by atoms with Crippen molar-refractivity contribution in [1.29, 1.82) is 0 Å². The lowest BCUT2D eigenvalue weighted by molar-refractivity contribution is -0.121. The smallest absolute Gasteiger partial charge is 0.340 e. The molecule has 3 aromatic rings. The van der Waals surface area contributed by atoms with Crippen LogP contribution in [0.25, 0.3) is 21.9 Å². The van der Waals surface area contributed by atoms with Crippen LogP contribution in [0.5, 0.6) is 0 Å². The molecule has 1 N–H and O–H groups in total. The van der Waals surface area contributed by atoms with Gasteiger partial charge in [0.1, 0.15) is 11.2 Å². The Morgan fingerprint density at radius 1 is 1.23 bits per heavy atom. The van der Waals surface area contributed by atoms with Crippen molar-refractivity contribution in [3.8, 4) is 0 Å². The minimum atomic E-state index is -0.482. The molecule has 3 heterocycles. The molecule has 0 spiro atoms. The second-order valence-electron chi connectivity index (χ2n) is 6.87. The molecule has 4 rings (SSSR count). The van der Waals surface area contributed by atoms with Gasteiger partial charge in [0, 0.05) is 30.0 Å². The van der Waals surface area contributed by atoms with E-state index in [2.05, 4.69) is 5.32 Å². The fourth-order valence-electron chi connectivity index (χ4n) is 3.50. The van der Waals surface area contributed by atoms with E-state index in [0.29, 0.717) is 23.3 Å². The first-order chi connectivity index (χ1) is 12.5. The number of amides is 1. The largest absolute Gasteiger partial charge is 0.464 e. The van der Waals surface area contributed by atoms with E-state index in [-0.39, 0.29) is 18.4 Å². The first kappa shape index (κ1) is 16.8. The summed E-state index contributed by atoms with van der Waals surface area (Å²) in [5.74, 6) is -0.198. The minimum Gasteiger partial charge on any atom is -0.464 e. The highest BCUT2D eigenvalue weighted by Crippen LogP contribution is 2.28. The zero-order valence-electron chi connectivity index (χ0n) is 14.9. The van der Waals surface area contributed by atoms with Crippen LogP contribution in [0.1, 0.15) is 29.5 Å². The van der Waals surface area contributed by atoms with Gasteiger partial charge in [0.15, 0.2) is 0 Å². The van der Waals surface area contributed by atoms with Gasteiger partial charge in [0.2, 0.25) is 5.91 Å². The van der Waals surface area contributed by atoms with Crippen LogP contribution in [-0.4, -0.2) is 25.2 Å². The topological polar surface area (TPSA) is 81.7 Å². The Bertz CT molecular complexity index is 1040. The van der Waals surface area contributed by atoms with Gasteiger partial charge in [0.25, 0.3) is 0 Å². The first-order valence-corrected chi connectivity index (χ1v) is 8.85. The zero-order valence-corrected chi connectivity index (χ0v) is 14.9. The molecule has 1 aliphatic heterocycles. The number of nitrogens with one attached hydrogen (secondary N) is 1. The Hall–Kier alpha value is -2.60. The fourth-order valence-corrected chi connectivity index (χ4v) is 3.50. The summed E-state index contributed by atoms with van der Waals surface area (Å²) in [5.41, 5.74) is 2.85. The van der Waals surface area contributed by atoms with Gasteiger partial charge in [-0.15, -0.1) is 0 Å². The summed E-state index contributed by atoms with van der Waals surface area (Å²) in [6, 6.07) is 3.68. The first-order valence-electron chi connectivity index (χ1n) is 8.85. The number of hydrogen-bond donors (Lipinski definition) is 1. The Labute approximate surface area is 150 Å². The zero-order chi connectivity index (χ0) is 18.3. The summed E-state index contributed by atoms with van der Waals surface area (Å²) < 4.78 is 16.4. The maximum absolute atomic E-state index is 12.4. The molecule has 136 valence electrons. The number of aryl methyl sites for hydroxylation is 2. The van der Waals surface area contributed by atoms with E-state index in [1.165, 1.54) is 0 Å². The molecule has 2 aromatic heterocycles. The van der Waals surface area contributed by atoms with Gasteiger partial charge in [-0.3, -0.25) is 4.79 Å². The van der Waals surface area contributed by atoms with Crippen molar-refractivity contribution in [1.82, 2.24) is 5.32 Å². The lowest BCUT2D eigenvalue weighted by atomic mass is 10.0. The van der Waals surface area contributed by atoms with Gasteiger partial charge in [-0.1, -0.05) is 0 Å². The SMILES string of the molecule is Cc1coc2cc3oc(=O)c(CC(=O)NC[C@H]4CCCO4)c(C)c3cc12. The number of ether oxygens (including phenoxy) is 1. The highest BCUT2D eigenvalue weighted by Gasteiger charge is 2.19. The van der Waals surface area contributed by atoms with E-state index in [1.54, 1.807) is 12.3 Å². The molecular formula is C20H21NO5. The van der Waals surface area contributed by atoms with Crippen molar-refractivity contribution in [2.75, 3.05) is 13.2 Å². The molecular weight excluding hydrogens is 334 g/mol. The van der Waals surface area contributed by atoms with E-state index in [0.717, 1.165) is 41.3 Å². The van der Waals surface area contributed by atoms with E-state index in [1.807, 2.05) is 19.9 Å². The van der Waals surface area contributed by atoms with Crippen LogP contribution in [0, 0.1) is 13.8 Å². The van der Waals surface area contributed by atoms with Gasteiger partial charge in [-0.05, 0) is 43.9 Å². The number of furan rings is 1. The molecule has 0 saturated carbocycles. The quantitative estimate of drug-likeness (QED) is 0.728. The van der Waals surface area contributed by atoms with Gasteiger partial charge in [-0.2, -0.15) is 0 Å². The third-order valence-corrected chi connectivity index (χ3v) is 5.06. The third-order valence-electron chi connectivity index (χ3n) is 5.06. The fraction of sp³-hybridized carbons (Fsp3) is 0.400.